The first-order valence-electron chi connectivity index (χ1n) is 18.9. The Labute approximate surface area is 327 Å². The number of hydrogen-bond donors (Lipinski definition) is 7. The number of carbonyl (C=O) groups is 8. The molecule has 0 saturated heterocycles. The van der Waals surface area contributed by atoms with Gasteiger partial charge in [0.25, 0.3) is 0 Å². The van der Waals surface area contributed by atoms with E-state index in [9.17, 15) is 38.4 Å². The molecule has 0 aliphatic heterocycles. The Morgan fingerprint density at radius 2 is 0.909 bits per heavy atom. The number of amides is 7. The second-order valence-corrected chi connectivity index (χ2v) is 17.0. The van der Waals surface area contributed by atoms with Gasteiger partial charge in [-0.05, 0) is 85.0 Å². The van der Waals surface area contributed by atoms with Gasteiger partial charge in [0.2, 0.25) is 35.4 Å². The molecule has 0 rings (SSSR count). The van der Waals surface area contributed by atoms with Crippen molar-refractivity contribution in [1.29, 1.82) is 0 Å². The lowest BCUT2D eigenvalue weighted by Crippen LogP contribution is -2.63. The number of nitrogens with one attached hydrogen (secondary N) is 7. The molecular formula is C38H69N7O10. The Morgan fingerprint density at radius 3 is 1.29 bits per heavy atom. The zero-order valence-corrected chi connectivity index (χ0v) is 35.8. The van der Waals surface area contributed by atoms with Crippen LogP contribution in [0.5, 0.6) is 0 Å². The van der Waals surface area contributed by atoms with Gasteiger partial charge in [-0.25, -0.2) is 9.59 Å². The summed E-state index contributed by atoms with van der Waals surface area (Å²) in [6, 6.07) is -6.30. The molecule has 17 heteroatoms. The van der Waals surface area contributed by atoms with E-state index in [-0.39, 0.29) is 24.2 Å². The lowest BCUT2D eigenvalue weighted by atomic mass is 9.97. The van der Waals surface area contributed by atoms with E-state index in [1.807, 2.05) is 27.7 Å². The molecule has 6 unspecified atom stereocenters. The third kappa shape index (κ3) is 18.6. The first-order chi connectivity index (χ1) is 25.0. The van der Waals surface area contributed by atoms with Crippen LogP contribution in [-0.2, 0) is 43.0 Å². The highest BCUT2D eigenvalue weighted by molar-refractivity contribution is 5.98. The minimum absolute atomic E-state index is 0.0669. The highest BCUT2D eigenvalue weighted by Crippen LogP contribution is 2.13. The van der Waals surface area contributed by atoms with Crippen molar-refractivity contribution in [1.82, 2.24) is 37.2 Å². The van der Waals surface area contributed by atoms with Crippen LogP contribution in [0.3, 0.4) is 0 Å². The molecule has 0 heterocycles. The fourth-order valence-corrected chi connectivity index (χ4v) is 5.14. The van der Waals surface area contributed by atoms with E-state index in [2.05, 4.69) is 37.2 Å². The highest BCUT2D eigenvalue weighted by atomic mass is 16.6. The number of alkyl carbamates (subject to hydrolysis) is 1. The van der Waals surface area contributed by atoms with Gasteiger partial charge in [0, 0.05) is 0 Å². The van der Waals surface area contributed by atoms with E-state index in [4.69, 9.17) is 9.47 Å². The standard InChI is InChI=1S/C38H69N7O10/c1-19(2)17-25(41-29(46)23(9)40-33(50)28(22(7)8)44-36(53)55-37(11,12)13)31(48)45-38(14,15)35(52)43-27(21(5)6)32(49)39-24(10)30(47)42-26(18-20(3)4)34(51)54-16/h19-28H,17-18H2,1-16H3,(H,39,49)(H,40,50)(H,41,46)(H,42,47)(H,43,52)(H,44,53)(H,45,48). The first-order valence-corrected chi connectivity index (χ1v) is 18.9. The number of carbonyl (C=O) groups excluding carboxylic acids is 8. The van der Waals surface area contributed by atoms with Crippen molar-refractivity contribution in [2.24, 2.45) is 23.7 Å². The van der Waals surface area contributed by atoms with E-state index >= 15 is 0 Å². The van der Waals surface area contributed by atoms with Gasteiger partial charge in [0.1, 0.15) is 47.4 Å². The molecule has 7 N–H and O–H groups in total. The van der Waals surface area contributed by atoms with Crippen LogP contribution in [0.2, 0.25) is 0 Å². The van der Waals surface area contributed by atoms with Crippen LogP contribution < -0.4 is 37.2 Å². The van der Waals surface area contributed by atoms with Crippen molar-refractivity contribution < 1.29 is 47.8 Å². The van der Waals surface area contributed by atoms with E-state index in [1.54, 1.807) is 48.5 Å². The quantitative estimate of drug-likeness (QED) is 0.0884. The third-order valence-corrected chi connectivity index (χ3v) is 8.21. The maximum Gasteiger partial charge on any atom is 0.408 e. The maximum absolute atomic E-state index is 13.6. The Bertz CT molecular complexity index is 1360. The molecule has 7 amide bonds. The number of esters is 1. The van der Waals surface area contributed by atoms with Gasteiger partial charge in [-0.2, -0.15) is 0 Å². The van der Waals surface area contributed by atoms with Gasteiger partial charge in [-0.1, -0.05) is 55.4 Å². The van der Waals surface area contributed by atoms with Crippen LogP contribution >= 0.6 is 0 Å². The summed E-state index contributed by atoms with van der Waals surface area (Å²) in [7, 11) is 1.22. The van der Waals surface area contributed by atoms with Gasteiger partial charge in [-0.3, -0.25) is 28.8 Å². The third-order valence-electron chi connectivity index (χ3n) is 8.21. The summed E-state index contributed by atoms with van der Waals surface area (Å²) in [4.78, 5) is 104. The summed E-state index contributed by atoms with van der Waals surface area (Å²) < 4.78 is 10.1. The van der Waals surface area contributed by atoms with Crippen molar-refractivity contribution >= 4 is 47.5 Å². The molecule has 0 aliphatic rings. The summed E-state index contributed by atoms with van der Waals surface area (Å²) in [5.74, 6) is -5.34. The smallest absolute Gasteiger partial charge is 0.408 e. The van der Waals surface area contributed by atoms with Crippen molar-refractivity contribution in [3.05, 3.63) is 0 Å². The lowest BCUT2D eigenvalue weighted by Gasteiger charge is -2.32. The second kappa shape index (κ2) is 22.2. The van der Waals surface area contributed by atoms with Crippen LogP contribution in [-0.4, -0.2) is 102 Å². The fraction of sp³-hybridized carbons (Fsp3) is 0.789. The summed E-state index contributed by atoms with van der Waals surface area (Å²) in [6.45, 7) is 25.1. The maximum atomic E-state index is 13.6. The summed E-state index contributed by atoms with van der Waals surface area (Å²) >= 11 is 0. The molecule has 6 atom stereocenters. The highest BCUT2D eigenvalue weighted by Gasteiger charge is 2.37. The topological polar surface area (TPSA) is 239 Å². The molecule has 0 aromatic rings. The van der Waals surface area contributed by atoms with Gasteiger partial charge in [-0.15, -0.1) is 0 Å². The van der Waals surface area contributed by atoms with Crippen LogP contribution in [0, 0.1) is 23.7 Å². The van der Waals surface area contributed by atoms with Crippen LogP contribution in [0.4, 0.5) is 4.79 Å². The summed E-state index contributed by atoms with van der Waals surface area (Å²) in [6.07, 6.45) is -0.269. The predicted octanol–water partition coefficient (Wildman–Crippen LogP) is 1.82. The van der Waals surface area contributed by atoms with Crippen LogP contribution in [0.1, 0.15) is 117 Å². The largest absolute Gasteiger partial charge is 0.467 e. The molecule has 0 saturated carbocycles. The minimum Gasteiger partial charge on any atom is -0.467 e. The molecule has 0 spiro atoms. The van der Waals surface area contributed by atoms with Gasteiger partial charge in [0.15, 0.2) is 0 Å². The Balaban J connectivity index is 5.75. The molecule has 17 nitrogen and oxygen atoms in total. The van der Waals surface area contributed by atoms with Gasteiger partial charge >= 0.3 is 12.1 Å². The minimum atomic E-state index is -1.57. The summed E-state index contributed by atoms with van der Waals surface area (Å²) in [5.41, 5.74) is -2.36. The molecule has 0 aromatic heterocycles. The summed E-state index contributed by atoms with van der Waals surface area (Å²) in [5, 5.41) is 18.3. The fourth-order valence-electron chi connectivity index (χ4n) is 5.14. The molecule has 0 aliphatic carbocycles. The molecule has 0 aromatic carbocycles. The number of rotatable bonds is 20. The average molecular weight is 784 g/mol. The zero-order chi connectivity index (χ0) is 43.2. The van der Waals surface area contributed by atoms with Crippen LogP contribution in [0.25, 0.3) is 0 Å². The second-order valence-electron chi connectivity index (χ2n) is 17.0. The van der Waals surface area contributed by atoms with Crippen molar-refractivity contribution in [3.63, 3.8) is 0 Å². The molecule has 0 bridgehead atoms. The van der Waals surface area contributed by atoms with Gasteiger partial charge < -0.3 is 46.7 Å². The number of hydrogen-bond acceptors (Lipinski definition) is 10. The number of methoxy groups -OCH3 is 1. The van der Waals surface area contributed by atoms with Crippen molar-refractivity contribution in [2.45, 2.75) is 164 Å². The normalized spacial score (nSPS) is 15.1. The molecule has 316 valence electrons. The monoisotopic (exact) mass is 784 g/mol. The van der Waals surface area contributed by atoms with Crippen molar-refractivity contribution in [3.8, 4) is 0 Å². The van der Waals surface area contributed by atoms with E-state index in [1.165, 1.54) is 34.8 Å². The average Bonchev–Trinajstić information content (AvgIpc) is 3.02. The van der Waals surface area contributed by atoms with Crippen molar-refractivity contribution in [2.75, 3.05) is 7.11 Å². The molecule has 0 fully saturated rings. The Morgan fingerprint density at radius 1 is 0.509 bits per heavy atom. The molecular weight excluding hydrogens is 714 g/mol. The lowest BCUT2D eigenvalue weighted by molar-refractivity contribution is -0.145. The number of ether oxygens (including phenoxy) is 2. The van der Waals surface area contributed by atoms with E-state index in [0.29, 0.717) is 6.42 Å². The first kappa shape index (κ1) is 50.6. The van der Waals surface area contributed by atoms with Crippen LogP contribution in [0.15, 0.2) is 0 Å². The van der Waals surface area contributed by atoms with E-state index < -0.39 is 101 Å². The zero-order valence-electron chi connectivity index (χ0n) is 35.8. The molecule has 0 radical (unpaired) electrons. The Kier molecular flexibility index (Phi) is 20.4. The molecule has 55 heavy (non-hydrogen) atoms. The van der Waals surface area contributed by atoms with Gasteiger partial charge in [0.05, 0.1) is 7.11 Å². The Hall–Kier alpha value is -4.44. The van der Waals surface area contributed by atoms with E-state index in [0.717, 1.165) is 0 Å². The SMILES string of the molecule is COC(=O)C(CC(C)C)NC(=O)C(C)NC(=O)C(NC(=O)C(C)(C)NC(=O)C(CC(C)C)NC(=O)C(C)NC(=O)C(NC(=O)OC(C)(C)C)C(C)C)C(C)C. The predicted molar refractivity (Wildman–Crippen MR) is 207 cm³/mol.